The number of hydrogen-bond donors (Lipinski definition) is 1. The number of fused-ring (bicyclic) bond motifs is 1. The highest BCUT2D eigenvalue weighted by molar-refractivity contribution is 6.05. The molecule has 1 heterocycles. The van der Waals surface area contributed by atoms with Crippen molar-refractivity contribution in [3.05, 3.63) is 59.2 Å². The van der Waals surface area contributed by atoms with E-state index >= 15 is 0 Å². The quantitative estimate of drug-likeness (QED) is 0.662. The topological polar surface area (TPSA) is 75.8 Å². The summed E-state index contributed by atoms with van der Waals surface area (Å²) in [5.74, 6) is 0.488. The van der Waals surface area contributed by atoms with E-state index in [0.29, 0.717) is 23.4 Å². The summed E-state index contributed by atoms with van der Waals surface area (Å²) >= 11 is 0. The van der Waals surface area contributed by atoms with Gasteiger partial charge in [-0.05, 0) is 49.1 Å². The average Bonchev–Trinajstić information content (AvgIpc) is 2.90. The maximum atomic E-state index is 13.1. The van der Waals surface area contributed by atoms with E-state index in [9.17, 15) is 9.59 Å². The second-order valence-electron chi connectivity index (χ2n) is 7.65. The molecule has 2 aromatic carbocycles. The monoisotopic (exact) mass is 403 g/mol. The van der Waals surface area contributed by atoms with Gasteiger partial charge in [0.2, 0.25) is 5.91 Å². The maximum Gasteiger partial charge on any atom is 0.250 e. The van der Waals surface area contributed by atoms with Gasteiger partial charge in [0.05, 0.1) is 5.69 Å². The van der Waals surface area contributed by atoms with E-state index in [-0.39, 0.29) is 11.7 Å². The van der Waals surface area contributed by atoms with Crippen molar-refractivity contribution in [1.82, 2.24) is 4.90 Å². The number of ketones is 1. The van der Waals surface area contributed by atoms with Crippen LogP contribution in [0, 0.1) is 0 Å². The van der Waals surface area contributed by atoms with Gasteiger partial charge in [0.15, 0.2) is 5.78 Å². The second-order valence-corrected chi connectivity index (χ2v) is 7.65. The van der Waals surface area contributed by atoms with Gasteiger partial charge in [-0.25, -0.2) is 4.99 Å². The number of carbonyl (C=O) groups excluding carboxylic acids is 2. The predicted molar refractivity (Wildman–Crippen MR) is 123 cm³/mol. The summed E-state index contributed by atoms with van der Waals surface area (Å²) in [4.78, 5) is 31.3. The molecule has 0 saturated heterocycles. The number of Topliss-reactive ketones (excluding diaryl/α,β-unsaturated/α-hetero) is 1. The lowest BCUT2D eigenvalue weighted by molar-refractivity contribution is -0.127. The highest BCUT2D eigenvalue weighted by atomic mass is 16.2. The molecule has 0 saturated carbocycles. The maximum absolute atomic E-state index is 13.1. The number of amidine groups is 1. The van der Waals surface area contributed by atoms with Gasteiger partial charge in [-0.1, -0.05) is 44.2 Å². The Balaban J connectivity index is 1.98. The van der Waals surface area contributed by atoms with Crippen LogP contribution in [0.3, 0.4) is 0 Å². The average molecular weight is 404 g/mol. The lowest BCUT2D eigenvalue weighted by Crippen LogP contribution is -2.34. The van der Waals surface area contributed by atoms with Crippen LogP contribution in [0.5, 0.6) is 0 Å². The number of nitrogens with two attached hydrogens (primary N) is 1. The molecule has 0 unspecified atom stereocenters. The first-order chi connectivity index (χ1) is 14.4. The van der Waals surface area contributed by atoms with Crippen molar-refractivity contribution < 1.29 is 9.59 Å². The van der Waals surface area contributed by atoms with Gasteiger partial charge in [0, 0.05) is 36.2 Å². The fraction of sp³-hybridized carbons (Fsp3) is 0.320. The molecule has 0 atom stereocenters. The molecule has 1 amide bonds. The van der Waals surface area contributed by atoms with E-state index in [1.165, 1.54) is 0 Å². The van der Waals surface area contributed by atoms with Gasteiger partial charge in [0.25, 0.3) is 0 Å². The smallest absolute Gasteiger partial charge is 0.250 e. The first-order valence-corrected chi connectivity index (χ1v) is 10.5. The normalized spacial score (nSPS) is 13.0. The van der Waals surface area contributed by atoms with Crippen molar-refractivity contribution in [3.63, 3.8) is 0 Å². The molecule has 1 aliphatic rings. The van der Waals surface area contributed by atoms with Crippen LogP contribution in [-0.4, -0.2) is 35.5 Å². The molecule has 1 aliphatic heterocycles. The molecule has 2 aromatic rings. The molecule has 0 aliphatic carbocycles. The molecular weight excluding hydrogens is 374 g/mol. The van der Waals surface area contributed by atoms with Crippen LogP contribution in [-0.2, 0) is 4.79 Å². The Morgan fingerprint density at radius 3 is 2.40 bits per heavy atom. The van der Waals surface area contributed by atoms with Gasteiger partial charge in [-0.2, -0.15) is 0 Å². The van der Waals surface area contributed by atoms with Crippen molar-refractivity contribution in [1.29, 1.82) is 0 Å². The number of aliphatic imine (C=N–C) groups is 1. The highest BCUT2D eigenvalue weighted by Crippen LogP contribution is 2.32. The van der Waals surface area contributed by atoms with Crippen molar-refractivity contribution in [3.8, 4) is 11.1 Å². The van der Waals surface area contributed by atoms with E-state index in [4.69, 9.17) is 5.73 Å². The van der Waals surface area contributed by atoms with Crippen LogP contribution < -0.4 is 5.73 Å². The summed E-state index contributed by atoms with van der Waals surface area (Å²) in [7, 11) is 0. The zero-order valence-electron chi connectivity index (χ0n) is 17.9. The zero-order valence-corrected chi connectivity index (χ0v) is 17.9. The minimum atomic E-state index is 0.0305. The minimum Gasteiger partial charge on any atom is -0.387 e. The van der Waals surface area contributed by atoms with Gasteiger partial charge in [-0.15, -0.1) is 0 Å². The number of rotatable bonds is 7. The van der Waals surface area contributed by atoms with Crippen molar-refractivity contribution >= 4 is 29.3 Å². The van der Waals surface area contributed by atoms with E-state index in [0.717, 1.165) is 48.3 Å². The highest BCUT2D eigenvalue weighted by Gasteiger charge is 2.21. The number of benzene rings is 2. The molecule has 2 N–H and O–H groups in total. The van der Waals surface area contributed by atoms with Crippen molar-refractivity contribution in [2.75, 3.05) is 13.1 Å². The number of amides is 1. The third-order valence-electron chi connectivity index (χ3n) is 5.15. The molecule has 30 heavy (non-hydrogen) atoms. The van der Waals surface area contributed by atoms with Crippen molar-refractivity contribution in [2.24, 2.45) is 10.7 Å². The lowest BCUT2D eigenvalue weighted by Gasteiger charge is -2.22. The molecule has 0 aromatic heterocycles. The molecule has 3 rings (SSSR count). The summed E-state index contributed by atoms with van der Waals surface area (Å²) in [5.41, 5.74) is 11.0. The fourth-order valence-corrected chi connectivity index (χ4v) is 3.68. The Morgan fingerprint density at radius 2 is 1.73 bits per heavy atom. The number of nitrogens with zero attached hydrogens (tertiary/aromatic N) is 2. The van der Waals surface area contributed by atoms with Gasteiger partial charge in [0.1, 0.15) is 5.84 Å². The van der Waals surface area contributed by atoms with Crippen LogP contribution >= 0.6 is 0 Å². The van der Waals surface area contributed by atoms with Crippen molar-refractivity contribution in [2.45, 2.75) is 40.0 Å². The summed E-state index contributed by atoms with van der Waals surface area (Å²) in [6.45, 7) is 7.18. The summed E-state index contributed by atoms with van der Waals surface area (Å²) < 4.78 is 0. The summed E-state index contributed by atoms with van der Waals surface area (Å²) in [6, 6.07) is 13.4. The Hall–Kier alpha value is -3.21. The summed E-state index contributed by atoms with van der Waals surface area (Å²) in [5, 5.41) is 0. The molecular formula is C25H29N3O2. The molecule has 0 spiro atoms. The van der Waals surface area contributed by atoms with E-state index < -0.39 is 0 Å². The first kappa shape index (κ1) is 21.5. The Morgan fingerprint density at radius 1 is 1.03 bits per heavy atom. The van der Waals surface area contributed by atoms with E-state index in [2.05, 4.69) is 18.8 Å². The molecule has 5 heteroatoms. The van der Waals surface area contributed by atoms with Crippen LogP contribution in [0.2, 0.25) is 0 Å². The van der Waals surface area contributed by atoms with E-state index in [1.54, 1.807) is 6.92 Å². The van der Waals surface area contributed by atoms with Gasteiger partial charge in [-0.3, -0.25) is 9.59 Å². The van der Waals surface area contributed by atoms with Crippen LogP contribution in [0.1, 0.15) is 56.0 Å². The zero-order chi connectivity index (χ0) is 21.7. The minimum absolute atomic E-state index is 0.0305. The third kappa shape index (κ3) is 4.85. The summed E-state index contributed by atoms with van der Waals surface area (Å²) in [6.07, 6.45) is 4.09. The molecule has 0 fully saturated rings. The van der Waals surface area contributed by atoms with Crippen LogP contribution in [0.4, 0.5) is 5.69 Å². The fourth-order valence-electron chi connectivity index (χ4n) is 3.68. The number of hydrogen-bond acceptors (Lipinski definition) is 4. The largest absolute Gasteiger partial charge is 0.387 e. The standard InChI is InChI=1S/C25H29N3O2/c1-4-11-28(12-5-2)25(30)22-14-21-10-9-20(15-23(21)27-24(26)16-22)19-8-6-7-18(13-19)17(3)29/h6-10,13-15H,4-5,11-12,16H2,1-3H3,(H2,26,27). The molecule has 5 nitrogen and oxygen atoms in total. The predicted octanol–water partition coefficient (Wildman–Crippen LogP) is 4.98. The third-order valence-corrected chi connectivity index (χ3v) is 5.15. The van der Waals surface area contributed by atoms with Crippen LogP contribution in [0.25, 0.3) is 17.2 Å². The Labute approximate surface area is 178 Å². The Kier molecular flexibility index (Phi) is 6.83. The molecule has 0 bridgehead atoms. The van der Waals surface area contributed by atoms with E-state index in [1.807, 2.05) is 53.4 Å². The number of carbonyl (C=O) groups is 2. The van der Waals surface area contributed by atoms with Crippen LogP contribution in [0.15, 0.2) is 53.0 Å². The molecule has 156 valence electrons. The second kappa shape index (κ2) is 9.53. The lowest BCUT2D eigenvalue weighted by atomic mass is 9.98. The Bertz CT molecular complexity index is 1010. The van der Waals surface area contributed by atoms with Gasteiger partial charge < -0.3 is 10.6 Å². The first-order valence-electron chi connectivity index (χ1n) is 10.5. The molecule has 0 radical (unpaired) electrons. The van der Waals surface area contributed by atoms with Gasteiger partial charge >= 0.3 is 0 Å². The SMILES string of the molecule is CCCN(CCC)C(=O)C1=Cc2ccc(-c3cccc(C(C)=O)c3)cc2N=C(N)C1.